The van der Waals surface area contributed by atoms with Crippen molar-refractivity contribution in [3.63, 3.8) is 0 Å². The summed E-state index contributed by atoms with van der Waals surface area (Å²) in [7, 11) is -4.60. The maximum Gasteiger partial charge on any atom is 0.584 e. The quantitative estimate of drug-likeness (QED) is 0.277. The number of phosphoric acid groups is 1. The van der Waals surface area contributed by atoms with E-state index in [1.807, 2.05) is 0 Å². The van der Waals surface area contributed by atoms with Crippen LogP contribution < -0.4 is 9.05 Å². The average Bonchev–Trinajstić information content (AvgIpc) is 2.78. The van der Waals surface area contributed by atoms with Crippen molar-refractivity contribution in [2.75, 3.05) is 0 Å². The van der Waals surface area contributed by atoms with Crippen LogP contribution in [0.3, 0.4) is 0 Å². The molecule has 0 aromatic heterocycles. The molecule has 0 bridgehead atoms. The van der Waals surface area contributed by atoms with Crippen molar-refractivity contribution >= 4 is 7.82 Å². The molecule has 3 rings (SSSR count). The minimum absolute atomic E-state index is 0.0298. The molecular formula is C45H75O4P. The van der Waals surface area contributed by atoms with Crippen LogP contribution in [0.15, 0.2) is 24.3 Å². The van der Waals surface area contributed by atoms with Crippen LogP contribution in [0.25, 0.3) is 0 Å². The van der Waals surface area contributed by atoms with Gasteiger partial charge in [-0.1, -0.05) is 163 Å². The summed E-state index contributed by atoms with van der Waals surface area (Å²) in [5.41, 5.74) is 5.66. The van der Waals surface area contributed by atoms with Crippen molar-refractivity contribution in [1.82, 2.24) is 0 Å². The first-order valence-electron chi connectivity index (χ1n) is 19.0. The third kappa shape index (κ3) is 11.1. The summed E-state index contributed by atoms with van der Waals surface area (Å²) in [4.78, 5) is 11.7. The number of fused-ring (bicyclic) bond motifs is 2. The van der Waals surface area contributed by atoms with E-state index in [0.29, 0.717) is 17.9 Å². The van der Waals surface area contributed by atoms with Crippen LogP contribution in [0.5, 0.6) is 11.5 Å². The Balaban J connectivity index is 2.52. The van der Waals surface area contributed by atoms with Crippen LogP contribution in [-0.4, -0.2) is 4.89 Å². The summed E-state index contributed by atoms with van der Waals surface area (Å²) in [6, 6.07) is 9.05. The van der Waals surface area contributed by atoms with E-state index in [4.69, 9.17) is 9.05 Å². The summed E-state index contributed by atoms with van der Waals surface area (Å²) in [5, 5.41) is 0. The fourth-order valence-corrected chi connectivity index (χ4v) is 10.7. The van der Waals surface area contributed by atoms with Crippen molar-refractivity contribution in [3.05, 3.63) is 57.6 Å². The van der Waals surface area contributed by atoms with E-state index >= 15 is 0 Å². The average molecular weight is 711 g/mol. The molecule has 0 atom stereocenters. The maximum atomic E-state index is 14.3. The van der Waals surface area contributed by atoms with Crippen LogP contribution in [0.1, 0.15) is 198 Å². The van der Waals surface area contributed by atoms with E-state index in [2.05, 4.69) is 163 Å². The Bertz CT molecular complexity index is 1480. The fourth-order valence-electron chi connectivity index (χ4n) is 9.80. The molecule has 0 spiro atoms. The smallest absolute Gasteiger partial charge is 0.395 e. The third-order valence-corrected chi connectivity index (χ3v) is 10.9. The third-order valence-electron chi connectivity index (χ3n) is 10.0. The molecule has 0 amide bonds. The standard InChI is InChI=1S/C45H75O4P/c1-38(2,3)26-42(13,14)32-22-30-21-31-23-33(43(15,16)27-39(4,5)6)25-35(45(19,20)29-41(10,11)12)37(31)49-50(46,47)48-36(30)34(24-32)44(17,18)28-40(7,8)9/h22-25H,21,26-29H2,1-20H3,(H,46,47). The molecule has 284 valence electrons. The van der Waals surface area contributed by atoms with Crippen molar-refractivity contribution in [1.29, 1.82) is 0 Å². The number of hydrogen-bond acceptors (Lipinski definition) is 3. The molecule has 1 aliphatic rings. The zero-order valence-electron chi connectivity index (χ0n) is 36.0. The first-order chi connectivity index (χ1) is 21.9. The van der Waals surface area contributed by atoms with Gasteiger partial charge in [0.15, 0.2) is 0 Å². The first-order valence-corrected chi connectivity index (χ1v) is 20.5. The monoisotopic (exact) mass is 711 g/mol. The highest BCUT2D eigenvalue weighted by molar-refractivity contribution is 7.48. The molecule has 1 heterocycles. The Morgan fingerprint density at radius 2 is 0.740 bits per heavy atom. The van der Waals surface area contributed by atoms with E-state index in [-0.39, 0.29) is 43.3 Å². The fraction of sp³-hybridized carbons (Fsp3) is 0.733. The molecule has 50 heavy (non-hydrogen) atoms. The predicted molar refractivity (Wildman–Crippen MR) is 215 cm³/mol. The van der Waals surface area contributed by atoms with Gasteiger partial charge in [0.1, 0.15) is 11.5 Å². The van der Waals surface area contributed by atoms with Gasteiger partial charge in [0.2, 0.25) is 0 Å². The predicted octanol–water partition coefficient (Wildman–Crippen LogP) is 14.0. The van der Waals surface area contributed by atoms with Gasteiger partial charge in [0.05, 0.1) is 0 Å². The Labute approximate surface area is 308 Å². The highest BCUT2D eigenvalue weighted by atomic mass is 31.2. The van der Waals surface area contributed by atoms with Crippen molar-refractivity contribution in [3.8, 4) is 11.5 Å². The molecule has 1 aliphatic heterocycles. The molecule has 0 fully saturated rings. The molecule has 4 nitrogen and oxygen atoms in total. The minimum Gasteiger partial charge on any atom is -0.395 e. The SMILES string of the molecule is CC(C)(C)CC(C)(C)c1cc2c(c(C(C)(C)CC(C)(C)C)c1)OP(=O)(O)Oc1c(cc(C(C)(C)CC(C)(C)C)cc1C(C)(C)CC(C)(C)C)C2. The van der Waals surface area contributed by atoms with Crippen molar-refractivity contribution < 1.29 is 18.5 Å². The number of hydrogen-bond donors (Lipinski definition) is 1. The summed E-state index contributed by atoms with van der Waals surface area (Å²) >= 11 is 0. The van der Waals surface area contributed by atoms with Gasteiger partial charge in [-0.25, -0.2) is 4.57 Å². The van der Waals surface area contributed by atoms with Crippen LogP contribution >= 0.6 is 7.82 Å². The lowest BCUT2D eigenvalue weighted by molar-refractivity contribution is 0.259. The van der Waals surface area contributed by atoms with Crippen LogP contribution in [0.4, 0.5) is 0 Å². The van der Waals surface area contributed by atoms with E-state index in [1.165, 1.54) is 11.1 Å². The van der Waals surface area contributed by atoms with Crippen molar-refractivity contribution in [2.45, 2.75) is 192 Å². The van der Waals surface area contributed by atoms with Crippen molar-refractivity contribution in [2.24, 2.45) is 21.7 Å². The second-order valence-electron chi connectivity index (χ2n) is 23.3. The van der Waals surface area contributed by atoms with Gasteiger partial charge in [-0.15, -0.1) is 0 Å². The zero-order valence-corrected chi connectivity index (χ0v) is 36.9. The Kier molecular flexibility index (Phi) is 11.3. The number of benzene rings is 2. The van der Waals surface area contributed by atoms with Crippen LogP contribution in [0, 0.1) is 21.7 Å². The van der Waals surface area contributed by atoms with Gasteiger partial charge < -0.3 is 9.05 Å². The van der Waals surface area contributed by atoms with Crippen LogP contribution in [0.2, 0.25) is 0 Å². The molecule has 1 N–H and O–H groups in total. The highest BCUT2D eigenvalue weighted by Crippen LogP contribution is 2.57. The van der Waals surface area contributed by atoms with Crippen LogP contribution in [-0.2, 0) is 32.6 Å². The largest absolute Gasteiger partial charge is 0.584 e. The van der Waals surface area contributed by atoms with Gasteiger partial charge >= 0.3 is 7.82 Å². The number of rotatable bonds is 8. The summed E-state index contributed by atoms with van der Waals surface area (Å²) < 4.78 is 26.9. The summed E-state index contributed by atoms with van der Waals surface area (Å²) in [6.07, 6.45) is 4.28. The molecular weight excluding hydrogens is 635 g/mol. The lowest BCUT2D eigenvalue weighted by Crippen LogP contribution is -2.30. The van der Waals surface area contributed by atoms with Gasteiger partial charge in [0.25, 0.3) is 0 Å². The molecule has 0 aliphatic carbocycles. The molecule has 0 radical (unpaired) electrons. The maximum absolute atomic E-state index is 14.3. The minimum atomic E-state index is -4.60. The van der Waals surface area contributed by atoms with Gasteiger partial charge in [-0.05, 0) is 91.3 Å². The van der Waals surface area contributed by atoms with E-state index in [1.54, 1.807) is 0 Å². The molecule has 0 saturated heterocycles. The molecule has 0 saturated carbocycles. The molecule has 2 aromatic rings. The van der Waals surface area contributed by atoms with Gasteiger partial charge in [0, 0.05) is 17.5 Å². The second kappa shape index (κ2) is 13.3. The Morgan fingerprint density at radius 3 is 1.00 bits per heavy atom. The topological polar surface area (TPSA) is 55.8 Å². The van der Waals surface area contributed by atoms with Gasteiger partial charge in [-0.2, -0.15) is 0 Å². The second-order valence-corrected chi connectivity index (χ2v) is 24.6. The number of phosphoric ester groups is 1. The van der Waals surface area contributed by atoms with Gasteiger partial charge in [-0.3, -0.25) is 4.89 Å². The lowest BCUT2D eigenvalue weighted by Gasteiger charge is -2.40. The first kappa shape index (κ1) is 42.6. The highest BCUT2D eigenvalue weighted by Gasteiger charge is 2.42. The molecule has 2 aromatic carbocycles. The molecule has 0 unspecified atom stereocenters. The van der Waals surface area contributed by atoms with E-state index < -0.39 is 7.82 Å². The lowest BCUT2D eigenvalue weighted by atomic mass is 9.67. The zero-order chi connectivity index (χ0) is 38.9. The Morgan fingerprint density at radius 1 is 0.480 bits per heavy atom. The normalized spacial score (nSPS) is 16.5. The summed E-state index contributed by atoms with van der Waals surface area (Å²) in [6.45, 7) is 45.6. The summed E-state index contributed by atoms with van der Waals surface area (Å²) in [5.74, 6) is 1.00. The van der Waals surface area contributed by atoms with E-state index in [9.17, 15) is 9.46 Å². The van der Waals surface area contributed by atoms with E-state index in [0.717, 1.165) is 47.9 Å². The Hall–Kier alpha value is -1.77. The molecule has 5 heteroatoms.